The summed E-state index contributed by atoms with van der Waals surface area (Å²) in [7, 11) is 0. The van der Waals surface area contributed by atoms with Crippen LogP contribution in [0.4, 0.5) is 10.1 Å². The molecule has 1 N–H and O–H groups in total. The molecule has 0 aliphatic rings. The van der Waals surface area contributed by atoms with Crippen molar-refractivity contribution in [2.75, 3.05) is 11.9 Å². The van der Waals surface area contributed by atoms with E-state index in [-0.39, 0.29) is 18.0 Å². The van der Waals surface area contributed by atoms with Crippen LogP contribution in [0.15, 0.2) is 66.2 Å². The number of nitriles is 1. The number of anilines is 1. The van der Waals surface area contributed by atoms with Crippen molar-refractivity contribution in [2.24, 2.45) is 0 Å². The molecule has 0 atom stereocenters. The number of ether oxygens (including phenoxy) is 2. The molecule has 0 radical (unpaired) electrons. The number of hydrogen-bond donors (Lipinski definition) is 1. The summed E-state index contributed by atoms with van der Waals surface area (Å²) >= 11 is 2.12. The second kappa shape index (κ2) is 11.5. The van der Waals surface area contributed by atoms with Gasteiger partial charge < -0.3 is 14.8 Å². The Morgan fingerprint density at radius 3 is 2.58 bits per heavy atom. The quantitative estimate of drug-likeness (QED) is 0.202. The van der Waals surface area contributed by atoms with E-state index in [0.29, 0.717) is 29.4 Å². The number of halogens is 2. The predicted octanol–water partition coefficient (Wildman–Crippen LogP) is 6.26. The van der Waals surface area contributed by atoms with Crippen LogP contribution < -0.4 is 14.8 Å². The number of nitrogens with zero attached hydrogens (tertiary/aromatic N) is 1. The van der Waals surface area contributed by atoms with Crippen LogP contribution in [-0.4, -0.2) is 12.5 Å². The minimum atomic E-state index is -0.493. The number of carbonyl (C=O) groups is 1. The number of aryl methyl sites for hydroxylation is 1. The van der Waals surface area contributed by atoms with Crippen LogP contribution in [0.1, 0.15) is 23.6 Å². The largest absolute Gasteiger partial charge is 0.490 e. The first-order valence-corrected chi connectivity index (χ1v) is 11.3. The minimum absolute atomic E-state index is 0.0327. The molecule has 3 rings (SSSR count). The van der Waals surface area contributed by atoms with Crippen molar-refractivity contribution in [1.29, 1.82) is 5.26 Å². The number of rotatable bonds is 8. The standard InChI is InChI=1S/C26H22FIN2O3/c1-3-32-24-14-19(12-20(15-29)26(31)30-22-6-4-5-17(2)11-22)13-23(28)25(24)33-16-18-7-9-21(27)10-8-18/h4-14H,3,16H2,1-2H3,(H,30,31)/b20-12-. The van der Waals surface area contributed by atoms with Crippen molar-refractivity contribution in [3.05, 3.63) is 92.3 Å². The molecule has 0 aromatic heterocycles. The van der Waals surface area contributed by atoms with E-state index in [0.717, 1.165) is 14.7 Å². The lowest BCUT2D eigenvalue weighted by molar-refractivity contribution is -0.112. The van der Waals surface area contributed by atoms with Gasteiger partial charge in [0.2, 0.25) is 0 Å². The third-order valence-corrected chi connectivity index (χ3v) is 5.38. The molecule has 0 aliphatic carbocycles. The molecule has 3 aromatic rings. The molecule has 0 saturated heterocycles. The van der Waals surface area contributed by atoms with E-state index in [4.69, 9.17) is 9.47 Å². The maximum atomic E-state index is 13.1. The van der Waals surface area contributed by atoms with Crippen molar-refractivity contribution in [2.45, 2.75) is 20.5 Å². The molecule has 33 heavy (non-hydrogen) atoms. The zero-order chi connectivity index (χ0) is 23.8. The number of carbonyl (C=O) groups excluding carboxylic acids is 1. The molecule has 7 heteroatoms. The van der Waals surface area contributed by atoms with Crippen molar-refractivity contribution in [3.63, 3.8) is 0 Å². The molecular formula is C26H22FIN2O3. The summed E-state index contributed by atoms with van der Waals surface area (Å²) in [5.74, 6) is 0.239. The lowest BCUT2D eigenvalue weighted by atomic mass is 10.1. The Bertz CT molecular complexity index is 1220. The predicted molar refractivity (Wildman–Crippen MR) is 134 cm³/mol. The van der Waals surface area contributed by atoms with E-state index < -0.39 is 5.91 Å². The maximum absolute atomic E-state index is 13.1. The Hall–Kier alpha value is -3.38. The summed E-state index contributed by atoms with van der Waals surface area (Å²) < 4.78 is 25.6. The minimum Gasteiger partial charge on any atom is -0.490 e. The molecule has 0 saturated carbocycles. The Balaban J connectivity index is 1.84. The van der Waals surface area contributed by atoms with Gasteiger partial charge in [-0.25, -0.2) is 4.39 Å². The van der Waals surface area contributed by atoms with Gasteiger partial charge in [-0.1, -0.05) is 24.3 Å². The highest BCUT2D eigenvalue weighted by Gasteiger charge is 2.15. The zero-order valence-electron chi connectivity index (χ0n) is 18.2. The molecule has 168 valence electrons. The molecule has 0 fully saturated rings. The lowest BCUT2D eigenvalue weighted by Crippen LogP contribution is -2.13. The van der Waals surface area contributed by atoms with Crippen molar-refractivity contribution < 1.29 is 18.7 Å². The normalized spacial score (nSPS) is 10.9. The highest BCUT2D eigenvalue weighted by molar-refractivity contribution is 14.1. The Kier molecular flexibility index (Phi) is 8.44. The van der Waals surface area contributed by atoms with Gasteiger partial charge in [0.15, 0.2) is 11.5 Å². The highest BCUT2D eigenvalue weighted by atomic mass is 127. The van der Waals surface area contributed by atoms with Gasteiger partial charge >= 0.3 is 0 Å². The van der Waals surface area contributed by atoms with E-state index in [9.17, 15) is 14.4 Å². The fourth-order valence-corrected chi connectivity index (χ4v) is 3.83. The van der Waals surface area contributed by atoms with Crippen LogP contribution in [-0.2, 0) is 11.4 Å². The van der Waals surface area contributed by atoms with Gasteiger partial charge in [0.25, 0.3) is 5.91 Å². The van der Waals surface area contributed by atoms with Crippen LogP contribution >= 0.6 is 22.6 Å². The third-order valence-electron chi connectivity index (χ3n) is 4.58. The van der Waals surface area contributed by atoms with Gasteiger partial charge in [-0.3, -0.25) is 4.79 Å². The fraction of sp³-hybridized carbons (Fsp3) is 0.154. The Morgan fingerprint density at radius 1 is 1.15 bits per heavy atom. The summed E-state index contributed by atoms with van der Waals surface area (Å²) in [6.45, 7) is 4.44. The molecule has 0 heterocycles. The summed E-state index contributed by atoms with van der Waals surface area (Å²) in [4.78, 5) is 12.6. The Morgan fingerprint density at radius 2 is 1.91 bits per heavy atom. The SMILES string of the molecule is CCOc1cc(/C=C(/C#N)C(=O)Nc2cccc(C)c2)cc(I)c1OCc1ccc(F)cc1. The molecule has 0 aliphatic heterocycles. The van der Waals surface area contributed by atoms with Crippen LogP contribution in [0.3, 0.4) is 0 Å². The fourth-order valence-electron chi connectivity index (χ4n) is 3.05. The number of nitrogens with one attached hydrogen (secondary N) is 1. The summed E-state index contributed by atoms with van der Waals surface area (Å²) in [6.07, 6.45) is 1.51. The van der Waals surface area contributed by atoms with E-state index in [2.05, 4.69) is 27.9 Å². The van der Waals surface area contributed by atoms with E-state index in [1.54, 1.807) is 30.3 Å². The van der Waals surface area contributed by atoms with Crippen LogP contribution in [0.2, 0.25) is 0 Å². The van der Waals surface area contributed by atoms with E-state index in [1.807, 2.05) is 38.1 Å². The topological polar surface area (TPSA) is 71.3 Å². The van der Waals surface area contributed by atoms with Gasteiger partial charge in [0, 0.05) is 5.69 Å². The first-order valence-electron chi connectivity index (χ1n) is 10.2. The van der Waals surface area contributed by atoms with Crippen molar-refractivity contribution in [1.82, 2.24) is 0 Å². The number of amides is 1. The average Bonchev–Trinajstić information content (AvgIpc) is 2.78. The number of hydrogen-bond acceptors (Lipinski definition) is 4. The first-order chi connectivity index (χ1) is 15.9. The maximum Gasteiger partial charge on any atom is 0.266 e. The average molecular weight is 556 g/mol. The van der Waals surface area contributed by atoms with Crippen LogP contribution in [0, 0.1) is 27.6 Å². The van der Waals surface area contributed by atoms with Gasteiger partial charge in [0.05, 0.1) is 10.2 Å². The molecule has 0 unspecified atom stereocenters. The monoisotopic (exact) mass is 556 g/mol. The molecule has 0 bridgehead atoms. The molecular weight excluding hydrogens is 534 g/mol. The Labute approximate surface area is 206 Å². The second-order valence-corrected chi connectivity index (χ2v) is 8.33. The van der Waals surface area contributed by atoms with Gasteiger partial charge in [-0.15, -0.1) is 0 Å². The third kappa shape index (κ3) is 6.80. The van der Waals surface area contributed by atoms with E-state index >= 15 is 0 Å². The van der Waals surface area contributed by atoms with Crippen molar-refractivity contribution in [3.8, 4) is 17.6 Å². The molecule has 1 amide bonds. The molecule has 0 spiro atoms. The van der Waals surface area contributed by atoms with E-state index in [1.165, 1.54) is 18.2 Å². The molecule has 5 nitrogen and oxygen atoms in total. The zero-order valence-corrected chi connectivity index (χ0v) is 20.4. The molecule has 3 aromatic carbocycles. The summed E-state index contributed by atoms with van der Waals surface area (Å²) in [5.41, 5.74) is 3.04. The number of benzene rings is 3. The second-order valence-electron chi connectivity index (χ2n) is 7.17. The van der Waals surface area contributed by atoms with Crippen LogP contribution in [0.25, 0.3) is 6.08 Å². The van der Waals surface area contributed by atoms with Crippen LogP contribution in [0.5, 0.6) is 11.5 Å². The smallest absolute Gasteiger partial charge is 0.266 e. The summed E-state index contributed by atoms with van der Waals surface area (Å²) in [6, 6.07) is 18.9. The lowest BCUT2D eigenvalue weighted by Gasteiger charge is -2.15. The highest BCUT2D eigenvalue weighted by Crippen LogP contribution is 2.35. The van der Waals surface area contributed by atoms with Crippen molar-refractivity contribution >= 4 is 40.3 Å². The van der Waals surface area contributed by atoms with Gasteiger partial charge in [-0.2, -0.15) is 5.26 Å². The van der Waals surface area contributed by atoms with Gasteiger partial charge in [-0.05, 0) is 95.6 Å². The van der Waals surface area contributed by atoms with Gasteiger partial charge in [0.1, 0.15) is 24.1 Å². The summed E-state index contributed by atoms with van der Waals surface area (Å²) in [5, 5.41) is 12.3. The first kappa shape index (κ1) is 24.3.